The van der Waals surface area contributed by atoms with Crippen LogP contribution in [0.2, 0.25) is 5.02 Å². The van der Waals surface area contributed by atoms with Crippen molar-refractivity contribution in [3.8, 4) is 0 Å². The number of aliphatic hydroxyl groups is 1. The first-order valence-electron chi connectivity index (χ1n) is 7.58. The van der Waals surface area contributed by atoms with E-state index in [9.17, 15) is 5.11 Å². The van der Waals surface area contributed by atoms with E-state index in [1.165, 1.54) is 44.2 Å². The molecule has 1 rings (SSSR count). The van der Waals surface area contributed by atoms with Gasteiger partial charge in [0.2, 0.25) is 0 Å². The molecule has 120 valence electrons. The molecule has 1 heterocycles. The summed E-state index contributed by atoms with van der Waals surface area (Å²) in [4.78, 5) is 8.12. The third-order valence-corrected chi connectivity index (χ3v) is 4.35. The zero-order chi connectivity index (χ0) is 15.5. The Bertz CT molecular complexity index is 405. The lowest BCUT2D eigenvalue weighted by Crippen LogP contribution is -2.07. The normalized spacial score (nSPS) is 12.4. The van der Waals surface area contributed by atoms with E-state index in [0.717, 1.165) is 13.0 Å². The second kappa shape index (κ2) is 11.1. The third-order valence-electron chi connectivity index (χ3n) is 3.28. The van der Waals surface area contributed by atoms with Crippen LogP contribution in [0.25, 0.3) is 0 Å². The SMILES string of the molecule is CSCCCCCCCCNc1ncnc(C(C)O)c1Cl. The smallest absolute Gasteiger partial charge is 0.148 e. The molecule has 0 aromatic carbocycles. The first-order valence-corrected chi connectivity index (χ1v) is 9.35. The second-order valence-electron chi connectivity index (χ2n) is 5.14. The highest BCUT2D eigenvalue weighted by Crippen LogP contribution is 2.26. The van der Waals surface area contributed by atoms with Gasteiger partial charge in [0.1, 0.15) is 17.2 Å². The van der Waals surface area contributed by atoms with Crippen molar-refractivity contribution in [2.45, 2.75) is 51.6 Å². The molecule has 0 amide bonds. The van der Waals surface area contributed by atoms with Crippen LogP contribution in [0.5, 0.6) is 0 Å². The van der Waals surface area contributed by atoms with Crippen molar-refractivity contribution < 1.29 is 5.11 Å². The van der Waals surface area contributed by atoms with Crippen LogP contribution in [-0.4, -0.2) is 33.6 Å². The lowest BCUT2D eigenvalue weighted by molar-refractivity contribution is 0.194. The number of nitrogens with one attached hydrogen (secondary N) is 1. The summed E-state index contributed by atoms with van der Waals surface area (Å²) >= 11 is 8.09. The summed E-state index contributed by atoms with van der Waals surface area (Å²) in [6.45, 7) is 2.50. The highest BCUT2D eigenvalue weighted by atomic mass is 35.5. The molecule has 0 radical (unpaired) electrons. The third kappa shape index (κ3) is 7.34. The van der Waals surface area contributed by atoms with E-state index in [-0.39, 0.29) is 0 Å². The molecule has 0 saturated carbocycles. The van der Waals surface area contributed by atoms with E-state index in [2.05, 4.69) is 21.5 Å². The zero-order valence-electron chi connectivity index (χ0n) is 12.9. The summed E-state index contributed by atoms with van der Waals surface area (Å²) in [6, 6.07) is 0. The summed E-state index contributed by atoms with van der Waals surface area (Å²) in [5.41, 5.74) is 0.475. The Hall–Kier alpha value is -0.520. The maximum absolute atomic E-state index is 9.56. The minimum Gasteiger partial charge on any atom is -0.387 e. The highest BCUT2D eigenvalue weighted by molar-refractivity contribution is 7.98. The standard InChI is InChI=1S/C15H26ClN3OS/c1-12(20)14-13(16)15(19-11-18-14)17-9-7-5-3-4-6-8-10-21-2/h11-12,20H,3-10H2,1-2H3,(H,17,18,19). The molecule has 0 saturated heterocycles. The van der Waals surface area contributed by atoms with Crippen molar-refractivity contribution in [3.05, 3.63) is 17.0 Å². The van der Waals surface area contributed by atoms with Crippen LogP contribution >= 0.6 is 23.4 Å². The molecule has 1 unspecified atom stereocenters. The monoisotopic (exact) mass is 331 g/mol. The predicted octanol–water partition coefficient (Wildman–Crippen LogP) is 4.30. The Morgan fingerprint density at radius 2 is 1.86 bits per heavy atom. The number of thioether (sulfide) groups is 1. The number of unbranched alkanes of at least 4 members (excludes halogenated alkanes) is 5. The maximum Gasteiger partial charge on any atom is 0.148 e. The van der Waals surface area contributed by atoms with Crippen LogP contribution in [0.3, 0.4) is 0 Å². The van der Waals surface area contributed by atoms with Gasteiger partial charge in [0.15, 0.2) is 0 Å². The summed E-state index contributed by atoms with van der Waals surface area (Å²) in [6.07, 6.45) is 10.5. The van der Waals surface area contributed by atoms with E-state index < -0.39 is 6.10 Å². The molecule has 0 aliphatic heterocycles. The Morgan fingerprint density at radius 3 is 2.52 bits per heavy atom. The van der Waals surface area contributed by atoms with E-state index in [0.29, 0.717) is 16.5 Å². The average Bonchev–Trinajstić information content (AvgIpc) is 2.46. The number of rotatable bonds is 11. The number of nitrogens with zero attached hydrogens (tertiary/aromatic N) is 2. The first kappa shape index (κ1) is 18.5. The molecular weight excluding hydrogens is 306 g/mol. The quantitative estimate of drug-likeness (QED) is 0.592. The van der Waals surface area contributed by atoms with Crippen LogP contribution < -0.4 is 5.32 Å². The van der Waals surface area contributed by atoms with Crippen LogP contribution in [0.15, 0.2) is 6.33 Å². The number of aromatic nitrogens is 2. The molecule has 21 heavy (non-hydrogen) atoms. The first-order chi connectivity index (χ1) is 10.2. The van der Waals surface area contributed by atoms with Gasteiger partial charge in [0.05, 0.1) is 11.8 Å². The number of hydrogen-bond acceptors (Lipinski definition) is 5. The van der Waals surface area contributed by atoms with Gasteiger partial charge >= 0.3 is 0 Å². The minimum atomic E-state index is -0.678. The molecule has 2 N–H and O–H groups in total. The number of aliphatic hydroxyl groups excluding tert-OH is 1. The fourth-order valence-corrected chi connectivity index (χ4v) is 2.90. The molecule has 6 heteroatoms. The molecule has 1 aromatic heterocycles. The molecule has 0 bridgehead atoms. The van der Waals surface area contributed by atoms with Gasteiger partial charge in [-0.25, -0.2) is 9.97 Å². The van der Waals surface area contributed by atoms with Gasteiger partial charge in [-0.2, -0.15) is 11.8 Å². The zero-order valence-corrected chi connectivity index (χ0v) is 14.5. The summed E-state index contributed by atoms with van der Waals surface area (Å²) in [7, 11) is 0. The van der Waals surface area contributed by atoms with Crippen LogP contribution in [0, 0.1) is 0 Å². The van der Waals surface area contributed by atoms with Crippen LogP contribution in [0.4, 0.5) is 5.82 Å². The Kier molecular flexibility index (Phi) is 9.79. The van der Waals surface area contributed by atoms with Crippen molar-refractivity contribution in [3.63, 3.8) is 0 Å². The molecule has 0 aliphatic rings. The van der Waals surface area contributed by atoms with E-state index in [1.54, 1.807) is 6.92 Å². The molecule has 1 aromatic rings. The molecule has 0 spiro atoms. The van der Waals surface area contributed by atoms with E-state index in [1.807, 2.05) is 11.8 Å². The Morgan fingerprint density at radius 1 is 1.19 bits per heavy atom. The van der Waals surface area contributed by atoms with Crippen molar-refractivity contribution in [2.75, 3.05) is 23.9 Å². The molecule has 4 nitrogen and oxygen atoms in total. The fraction of sp³-hybridized carbons (Fsp3) is 0.733. The number of anilines is 1. The summed E-state index contributed by atoms with van der Waals surface area (Å²) < 4.78 is 0. The largest absolute Gasteiger partial charge is 0.387 e. The lowest BCUT2D eigenvalue weighted by atomic mass is 10.1. The maximum atomic E-state index is 9.56. The van der Waals surface area contributed by atoms with Gasteiger partial charge < -0.3 is 10.4 Å². The molecule has 1 atom stereocenters. The van der Waals surface area contributed by atoms with Crippen molar-refractivity contribution in [1.82, 2.24) is 9.97 Å². The Labute approximate surface area is 137 Å². The van der Waals surface area contributed by atoms with Gasteiger partial charge in [-0.05, 0) is 31.8 Å². The highest BCUT2D eigenvalue weighted by Gasteiger charge is 2.12. The minimum absolute atomic E-state index is 0.421. The van der Waals surface area contributed by atoms with Gasteiger partial charge in [-0.1, -0.05) is 37.3 Å². The van der Waals surface area contributed by atoms with Crippen LogP contribution in [0.1, 0.15) is 57.2 Å². The van der Waals surface area contributed by atoms with E-state index in [4.69, 9.17) is 11.6 Å². The average molecular weight is 332 g/mol. The fourth-order valence-electron chi connectivity index (χ4n) is 2.08. The van der Waals surface area contributed by atoms with Crippen LogP contribution in [-0.2, 0) is 0 Å². The van der Waals surface area contributed by atoms with Crippen molar-refractivity contribution in [2.24, 2.45) is 0 Å². The summed E-state index contributed by atoms with van der Waals surface area (Å²) in [5, 5.41) is 13.2. The van der Waals surface area contributed by atoms with Gasteiger partial charge in [0.25, 0.3) is 0 Å². The van der Waals surface area contributed by atoms with Gasteiger partial charge in [-0.15, -0.1) is 0 Å². The molecule has 0 aliphatic carbocycles. The predicted molar refractivity (Wildman–Crippen MR) is 92.2 cm³/mol. The van der Waals surface area contributed by atoms with Gasteiger partial charge in [-0.3, -0.25) is 0 Å². The van der Waals surface area contributed by atoms with Crippen molar-refractivity contribution >= 4 is 29.2 Å². The van der Waals surface area contributed by atoms with Gasteiger partial charge in [0, 0.05) is 6.54 Å². The lowest BCUT2D eigenvalue weighted by Gasteiger charge is -2.11. The van der Waals surface area contributed by atoms with E-state index >= 15 is 0 Å². The summed E-state index contributed by atoms with van der Waals surface area (Å²) in [5.74, 6) is 1.89. The Balaban J connectivity index is 2.17. The van der Waals surface area contributed by atoms with Crippen molar-refractivity contribution in [1.29, 1.82) is 0 Å². The molecule has 0 fully saturated rings. The second-order valence-corrected chi connectivity index (χ2v) is 6.50. The topological polar surface area (TPSA) is 58.0 Å². The number of halogens is 1. The number of hydrogen-bond donors (Lipinski definition) is 2. The molecular formula is C15H26ClN3OS.